The Morgan fingerprint density at radius 1 is 1.48 bits per heavy atom. The lowest BCUT2D eigenvalue weighted by Gasteiger charge is -2.36. The first-order chi connectivity index (χ1) is 11.8. The molecule has 2 aromatic heterocycles. The normalized spacial score (nSPS) is 19.0. The first kappa shape index (κ1) is 17.3. The Morgan fingerprint density at radius 3 is 2.92 bits per heavy atom. The number of carbonyl (C=O) groups is 1. The van der Waals surface area contributed by atoms with Gasteiger partial charge in [0.05, 0.1) is 11.7 Å². The molecule has 0 radical (unpaired) electrons. The molecule has 0 amide bonds. The van der Waals surface area contributed by atoms with Crippen molar-refractivity contribution in [2.24, 2.45) is 10.9 Å². The van der Waals surface area contributed by atoms with Gasteiger partial charge in [-0.2, -0.15) is 0 Å². The molecule has 1 aliphatic heterocycles. The van der Waals surface area contributed by atoms with Gasteiger partial charge in [0.15, 0.2) is 10.8 Å². The topological polar surface area (TPSA) is 120 Å². The van der Waals surface area contributed by atoms with Crippen molar-refractivity contribution in [3.8, 4) is 5.88 Å². The van der Waals surface area contributed by atoms with Crippen molar-refractivity contribution in [1.29, 1.82) is 0 Å². The first-order valence-corrected chi connectivity index (χ1v) is 8.41. The van der Waals surface area contributed by atoms with Crippen LogP contribution in [0, 0.1) is 6.92 Å². The third-order valence-electron chi connectivity index (χ3n) is 3.80. The summed E-state index contributed by atoms with van der Waals surface area (Å²) in [6.07, 6.45) is 2.63. The molecule has 1 atom stereocenters. The molecule has 0 aliphatic carbocycles. The van der Waals surface area contributed by atoms with Gasteiger partial charge in [-0.15, -0.1) is 11.3 Å². The maximum absolute atomic E-state index is 12.1. The predicted molar refractivity (Wildman–Crippen MR) is 91.6 cm³/mol. The number of oxime groups is 1. The minimum Gasteiger partial charge on any atom is -0.469 e. The molecule has 1 aliphatic rings. The van der Waals surface area contributed by atoms with Crippen LogP contribution in [-0.4, -0.2) is 38.6 Å². The van der Waals surface area contributed by atoms with Crippen LogP contribution in [-0.2, 0) is 11.3 Å². The van der Waals surface area contributed by atoms with E-state index in [0.717, 1.165) is 4.88 Å². The Bertz CT molecular complexity index is 846. The highest BCUT2D eigenvalue weighted by Crippen LogP contribution is 2.32. The maximum atomic E-state index is 12.1. The summed E-state index contributed by atoms with van der Waals surface area (Å²) in [4.78, 5) is 26.2. The Kier molecular flexibility index (Phi) is 4.44. The number of hydrogen-bond donors (Lipinski definition) is 2. The number of nitrogens with zero attached hydrogens (tertiary/aromatic N) is 3. The lowest BCUT2D eigenvalue weighted by atomic mass is 9.92. The molecular formula is C16H18N4O4S. The van der Waals surface area contributed by atoms with Crippen LogP contribution >= 0.6 is 11.3 Å². The highest BCUT2D eigenvalue weighted by Gasteiger charge is 2.36. The fourth-order valence-electron chi connectivity index (χ4n) is 2.27. The minimum atomic E-state index is -0.730. The molecule has 132 valence electrons. The highest BCUT2D eigenvalue weighted by molar-refractivity contribution is 7.13. The Labute approximate surface area is 148 Å². The van der Waals surface area contributed by atoms with E-state index in [0.29, 0.717) is 22.9 Å². The van der Waals surface area contributed by atoms with Crippen LogP contribution in [0.5, 0.6) is 5.88 Å². The van der Waals surface area contributed by atoms with Gasteiger partial charge in [0.2, 0.25) is 5.88 Å². The zero-order valence-electron chi connectivity index (χ0n) is 14.0. The number of thiazole rings is 1. The van der Waals surface area contributed by atoms with E-state index in [1.807, 2.05) is 6.92 Å². The second-order valence-electron chi connectivity index (χ2n) is 6.25. The Hall–Kier alpha value is -2.52. The molecule has 8 nitrogen and oxygen atoms in total. The van der Waals surface area contributed by atoms with Gasteiger partial charge < -0.3 is 20.4 Å². The lowest BCUT2D eigenvalue weighted by Crippen LogP contribution is -2.46. The van der Waals surface area contributed by atoms with Crippen LogP contribution in [0.3, 0.4) is 0 Å². The van der Waals surface area contributed by atoms with Gasteiger partial charge in [0.25, 0.3) is 0 Å². The monoisotopic (exact) mass is 362 g/mol. The van der Waals surface area contributed by atoms with Crippen LogP contribution < -0.4 is 10.5 Å². The van der Waals surface area contributed by atoms with Gasteiger partial charge in [-0.3, -0.25) is 0 Å². The van der Waals surface area contributed by atoms with Crippen LogP contribution in [0.25, 0.3) is 0 Å². The van der Waals surface area contributed by atoms with Gasteiger partial charge in [-0.05, 0) is 26.8 Å². The number of aliphatic hydroxyl groups excluding tert-OH is 1. The predicted octanol–water partition coefficient (Wildman–Crippen LogP) is 1.40. The van der Waals surface area contributed by atoms with Crippen molar-refractivity contribution in [3.63, 3.8) is 0 Å². The highest BCUT2D eigenvalue weighted by atomic mass is 32.1. The van der Waals surface area contributed by atoms with Crippen LogP contribution in [0.15, 0.2) is 23.6 Å². The summed E-state index contributed by atoms with van der Waals surface area (Å²) in [5.74, 6) is -0.281. The Morgan fingerprint density at radius 2 is 2.24 bits per heavy atom. The number of carbonyl (C=O) groups excluding carboxylic acids is 1. The number of amidine groups is 1. The van der Waals surface area contributed by atoms with Crippen molar-refractivity contribution < 1.29 is 19.5 Å². The smallest absolute Gasteiger partial charge is 0.367 e. The van der Waals surface area contributed by atoms with Crippen LogP contribution in [0.1, 0.15) is 39.7 Å². The van der Waals surface area contributed by atoms with E-state index in [2.05, 4.69) is 15.1 Å². The number of rotatable bonds is 3. The van der Waals surface area contributed by atoms with Crippen molar-refractivity contribution in [1.82, 2.24) is 9.97 Å². The van der Waals surface area contributed by atoms with Gasteiger partial charge in [0, 0.05) is 29.3 Å². The molecule has 9 heteroatoms. The van der Waals surface area contributed by atoms with Crippen molar-refractivity contribution >= 4 is 23.1 Å². The average Bonchev–Trinajstić information content (AvgIpc) is 2.99. The fraction of sp³-hybridized carbons (Fsp3) is 0.375. The van der Waals surface area contributed by atoms with E-state index in [9.17, 15) is 9.90 Å². The zero-order chi connectivity index (χ0) is 18.2. The minimum absolute atomic E-state index is 0.0258. The number of aliphatic hydroxyl groups is 1. The summed E-state index contributed by atoms with van der Waals surface area (Å²) < 4.78 is 5.66. The summed E-state index contributed by atoms with van der Waals surface area (Å²) in [7, 11) is 0. The zero-order valence-corrected chi connectivity index (χ0v) is 14.8. The first-order valence-electron chi connectivity index (χ1n) is 7.60. The molecule has 2 aromatic rings. The number of aromatic nitrogens is 2. The molecule has 25 heavy (non-hydrogen) atoms. The van der Waals surface area contributed by atoms with Gasteiger partial charge >= 0.3 is 5.97 Å². The molecule has 1 unspecified atom stereocenters. The molecule has 3 rings (SSSR count). The number of aryl methyl sites for hydroxylation is 1. The third-order valence-corrected chi connectivity index (χ3v) is 4.74. The Balaban J connectivity index is 1.74. The second kappa shape index (κ2) is 6.41. The summed E-state index contributed by atoms with van der Waals surface area (Å²) >= 11 is 1.35. The van der Waals surface area contributed by atoms with Crippen molar-refractivity contribution in [2.75, 3.05) is 0 Å². The summed E-state index contributed by atoms with van der Waals surface area (Å²) in [5, 5.41) is 14.2. The van der Waals surface area contributed by atoms with E-state index in [4.69, 9.17) is 15.3 Å². The van der Waals surface area contributed by atoms with E-state index in [1.54, 1.807) is 26.1 Å². The lowest BCUT2D eigenvalue weighted by molar-refractivity contribution is -0.0443. The molecule has 3 N–H and O–H groups in total. The molecule has 0 aromatic carbocycles. The van der Waals surface area contributed by atoms with Gasteiger partial charge in [0.1, 0.15) is 5.60 Å². The largest absolute Gasteiger partial charge is 0.469 e. The summed E-state index contributed by atoms with van der Waals surface area (Å²) in [5.41, 5.74) is 5.84. The standard InChI is InChI=1S/C16H18N4O4S/c1-8-6-19-14(25-8)12(17)20-24-15(22)10-4-9-5-11(21)16(2,3)23-13(9)18-7-10/h4,6-7,11,21H,5H2,1-3H3,(H2,17,20). The van der Waals surface area contributed by atoms with Gasteiger partial charge in [-0.25, -0.2) is 14.8 Å². The van der Waals surface area contributed by atoms with Crippen molar-refractivity contribution in [2.45, 2.75) is 38.9 Å². The fourth-order valence-corrected chi connectivity index (χ4v) is 2.93. The number of fused-ring (bicyclic) bond motifs is 1. The summed E-state index contributed by atoms with van der Waals surface area (Å²) in [6, 6.07) is 1.57. The van der Waals surface area contributed by atoms with E-state index in [1.165, 1.54) is 17.5 Å². The molecular weight excluding hydrogens is 344 g/mol. The molecule has 0 saturated heterocycles. The number of ether oxygens (including phenoxy) is 1. The SMILES string of the molecule is Cc1cnc(/C(N)=N\OC(=O)c2cnc3c(c2)CC(O)C(C)(C)O3)s1. The van der Waals surface area contributed by atoms with Crippen LogP contribution in [0.2, 0.25) is 0 Å². The summed E-state index contributed by atoms with van der Waals surface area (Å²) in [6.45, 7) is 5.45. The quantitative estimate of drug-likeness (QED) is 0.366. The third kappa shape index (κ3) is 3.62. The van der Waals surface area contributed by atoms with Crippen LogP contribution in [0.4, 0.5) is 0 Å². The molecule has 3 heterocycles. The molecule has 0 spiro atoms. The van der Waals surface area contributed by atoms with E-state index in [-0.39, 0.29) is 11.4 Å². The van der Waals surface area contributed by atoms with E-state index >= 15 is 0 Å². The molecule has 0 saturated carbocycles. The van der Waals surface area contributed by atoms with E-state index < -0.39 is 17.7 Å². The van der Waals surface area contributed by atoms with Crippen molar-refractivity contribution in [3.05, 3.63) is 39.5 Å². The number of hydrogen-bond acceptors (Lipinski definition) is 8. The molecule has 0 fully saturated rings. The number of nitrogens with two attached hydrogens (primary N) is 1. The maximum Gasteiger partial charge on any atom is 0.367 e. The number of pyridine rings is 1. The van der Waals surface area contributed by atoms with Gasteiger partial charge in [-0.1, -0.05) is 5.16 Å². The second-order valence-corrected chi connectivity index (χ2v) is 7.48. The molecule has 0 bridgehead atoms. The average molecular weight is 362 g/mol.